The molecule has 7 heteroatoms. The minimum atomic E-state index is -0.472. The van der Waals surface area contributed by atoms with Gasteiger partial charge in [0.2, 0.25) is 0 Å². The summed E-state index contributed by atoms with van der Waals surface area (Å²) < 4.78 is 13.0. The van der Waals surface area contributed by atoms with E-state index < -0.39 is 5.91 Å². The number of rotatable bonds is 4. The topological polar surface area (TPSA) is 75.2 Å². The van der Waals surface area contributed by atoms with Gasteiger partial charge in [0.1, 0.15) is 5.82 Å². The van der Waals surface area contributed by atoms with Crippen molar-refractivity contribution in [3.63, 3.8) is 0 Å². The van der Waals surface area contributed by atoms with Crippen molar-refractivity contribution in [2.75, 3.05) is 13.1 Å². The van der Waals surface area contributed by atoms with Gasteiger partial charge < -0.3 is 10.2 Å². The highest BCUT2D eigenvalue weighted by Crippen LogP contribution is 2.14. The molecule has 1 fully saturated rings. The van der Waals surface area contributed by atoms with E-state index in [2.05, 4.69) is 15.3 Å². The van der Waals surface area contributed by atoms with Crippen LogP contribution >= 0.6 is 0 Å². The van der Waals surface area contributed by atoms with Gasteiger partial charge in [-0.1, -0.05) is 25.0 Å². The molecular formula is C19H21FN4O2. The lowest BCUT2D eigenvalue weighted by Gasteiger charge is -2.20. The zero-order valence-electron chi connectivity index (χ0n) is 14.4. The molecule has 3 rings (SSSR count). The first kappa shape index (κ1) is 18.0. The zero-order valence-corrected chi connectivity index (χ0v) is 14.4. The molecule has 2 amide bonds. The summed E-state index contributed by atoms with van der Waals surface area (Å²) in [5.41, 5.74) is 0.846. The number of likely N-dealkylation sites (tertiary alicyclic amines) is 1. The lowest BCUT2D eigenvalue weighted by Crippen LogP contribution is -2.35. The Morgan fingerprint density at radius 1 is 0.962 bits per heavy atom. The van der Waals surface area contributed by atoms with Crippen LogP contribution in [0.15, 0.2) is 36.7 Å². The Morgan fingerprint density at radius 3 is 2.23 bits per heavy atom. The summed E-state index contributed by atoms with van der Waals surface area (Å²) in [4.78, 5) is 35.2. The average molecular weight is 356 g/mol. The molecule has 0 saturated carbocycles. The van der Waals surface area contributed by atoms with Gasteiger partial charge in [-0.3, -0.25) is 9.59 Å². The number of nitrogens with zero attached hydrogens (tertiary/aromatic N) is 3. The number of aromatic nitrogens is 2. The number of hydrogen-bond donors (Lipinski definition) is 1. The van der Waals surface area contributed by atoms with Crippen LogP contribution in [0, 0.1) is 5.82 Å². The van der Waals surface area contributed by atoms with Gasteiger partial charge in [0.25, 0.3) is 11.8 Å². The third-order valence-electron chi connectivity index (χ3n) is 4.38. The number of amides is 2. The van der Waals surface area contributed by atoms with Crippen molar-refractivity contribution in [3.8, 4) is 0 Å². The normalized spacial score (nSPS) is 14.6. The van der Waals surface area contributed by atoms with E-state index in [1.807, 2.05) is 0 Å². The van der Waals surface area contributed by atoms with E-state index in [1.165, 1.54) is 24.5 Å². The van der Waals surface area contributed by atoms with Crippen LogP contribution in [0.3, 0.4) is 0 Å². The average Bonchev–Trinajstić information content (AvgIpc) is 2.96. The molecule has 0 unspecified atom stereocenters. The molecule has 0 aliphatic carbocycles. The van der Waals surface area contributed by atoms with Gasteiger partial charge in [-0.2, -0.15) is 0 Å². The first-order chi connectivity index (χ1) is 12.6. The molecule has 2 heterocycles. The van der Waals surface area contributed by atoms with Gasteiger partial charge in [-0.25, -0.2) is 14.4 Å². The van der Waals surface area contributed by atoms with Crippen LogP contribution in [0.1, 0.15) is 52.2 Å². The Bertz CT molecular complexity index is 771. The summed E-state index contributed by atoms with van der Waals surface area (Å²) in [7, 11) is 0. The molecular weight excluding hydrogens is 335 g/mol. The number of carbonyl (C=O) groups excluding carboxylic acids is 2. The molecule has 1 aromatic carbocycles. The molecule has 0 radical (unpaired) electrons. The van der Waals surface area contributed by atoms with E-state index in [9.17, 15) is 14.0 Å². The fraction of sp³-hybridized carbons (Fsp3) is 0.368. The summed E-state index contributed by atoms with van der Waals surface area (Å²) in [6.07, 6.45) is 6.94. The third-order valence-corrected chi connectivity index (χ3v) is 4.38. The van der Waals surface area contributed by atoms with Crippen molar-refractivity contribution in [1.29, 1.82) is 0 Å². The molecule has 1 N–H and O–H groups in total. The summed E-state index contributed by atoms with van der Waals surface area (Å²) in [6.45, 7) is 1.56. The Hall–Kier alpha value is -2.83. The highest BCUT2D eigenvalue weighted by molar-refractivity contribution is 6.04. The number of benzene rings is 1. The molecule has 6 nitrogen and oxygen atoms in total. The molecule has 1 aliphatic rings. The summed E-state index contributed by atoms with van der Waals surface area (Å²) in [5.74, 6) is -1.06. The van der Waals surface area contributed by atoms with Gasteiger partial charge in [-0.15, -0.1) is 0 Å². The van der Waals surface area contributed by atoms with Crippen LogP contribution in [0.5, 0.6) is 0 Å². The molecule has 0 atom stereocenters. The van der Waals surface area contributed by atoms with Crippen molar-refractivity contribution >= 4 is 11.8 Å². The highest BCUT2D eigenvalue weighted by Gasteiger charge is 2.25. The summed E-state index contributed by atoms with van der Waals surface area (Å²) >= 11 is 0. The molecule has 26 heavy (non-hydrogen) atoms. The number of hydrogen-bond acceptors (Lipinski definition) is 4. The maximum Gasteiger partial charge on any atom is 0.274 e. The van der Waals surface area contributed by atoms with E-state index in [0.29, 0.717) is 13.1 Å². The van der Waals surface area contributed by atoms with Gasteiger partial charge in [0.15, 0.2) is 11.4 Å². The van der Waals surface area contributed by atoms with Crippen LogP contribution in [0.4, 0.5) is 4.39 Å². The van der Waals surface area contributed by atoms with Crippen LogP contribution in [0.25, 0.3) is 0 Å². The lowest BCUT2D eigenvalue weighted by atomic mass is 10.2. The maximum absolute atomic E-state index is 13.0. The Labute approximate surface area is 151 Å². The molecule has 1 aromatic heterocycles. The lowest BCUT2D eigenvalue weighted by molar-refractivity contribution is 0.0747. The number of carbonyl (C=O) groups is 2. The second-order valence-electron chi connectivity index (χ2n) is 6.27. The Balaban J connectivity index is 1.72. The summed E-state index contributed by atoms with van der Waals surface area (Å²) in [5, 5.41) is 2.71. The van der Waals surface area contributed by atoms with E-state index in [1.54, 1.807) is 17.0 Å². The first-order valence-electron chi connectivity index (χ1n) is 8.78. The third kappa shape index (κ3) is 4.41. The van der Waals surface area contributed by atoms with Gasteiger partial charge >= 0.3 is 0 Å². The molecule has 0 bridgehead atoms. The van der Waals surface area contributed by atoms with Crippen LogP contribution < -0.4 is 5.32 Å². The first-order valence-corrected chi connectivity index (χ1v) is 8.78. The fourth-order valence-electron chi connectivity index (χ4n) is 2.95. The van der Waals surface area contributed by atoms with Crippen molar-refractivity contribution in [3.05, 3.63) is 59.4 Å². The Morgan fingerprint density at radius 2 is 1.58 bits per heavy atom. The predicted molar refractivity (Wildman–Crippen MR) is 94.0 cm³/mol. The van der Waals surface area contributed by atoms with Gasteiger partial charge in [0, 0.05) is 32.0 Å². The summed E-state index contributed by atoms with van der Waals surface area (Å²) in [6, 6.07) is 5.85. The van der Waals surface area contributed by atoms with Crippen LogP contribution in [-0.2, 0) is 6.54 Å². The standard InChI is InChI=1S/C19H21FN4O2/c20-15-7-5-14(6-8-15)13-23-18(25)16-17(22-10-9-21-16)19(26)24-11-3-1-2-4-12-24/h5-10H,1-4,11-13H2,(H,23,25). The molecule has 1 saturated heterocycles. The van der Waals surface area contributed by atoms with Crippen molar-refractivity contribution in [1.82, 2.24) is 20.2 Å². The number of halogens is 1. The molecule has 136 valence electrons. The van der Waals surface area contributed by atoms with Crippen molar-refractivity contribution in [2.24, 2.45) is 0 Å². The van der Waals surface area contributed by atoms with Crippen molar-refractivity contribution < 1.29 is 14.0 Å². The van der Waals surface area contributed by atoms with Crippen LogP contribution in [0.2, 0.25) is 0 Å². The minimum Gasteiger partial charge on any atom is -0.347 e. The SMILES string of the molecule is O=C(NCc1ccc(F)cc1)c1nccnc1C(=O)N1CCCCCC1. The van der Waals surface area contributed by atoms with E-state index in [-0.39, 0.29) is 29.7 Å². The number of nitrogens with one attached hydrogen (secondary N) is 1. The quantitative estimate of drug-likeness (QED) is 0.914. The molecule has 2 aromatic rings. The largest absolute Gasteiger partial charge is 0.347 e. The predicted octanol–water partition coefficient (Wildman–Crippen LogP) is 2.56. The molecule has 0 spiro atoms. The Kier molecular flexibility index (Phi) is 5.88. The smallest absolute Gasteiger partial charge is 0.274 e. The zero-order chi connectivity index (χ0) is 18.4. The fourth-order valence-corrected chi connectivity index (χ4v) is 2.95. The van der Waals surface area contributed by atoms with Gasteiger partial charge in [-0.05, 0) is 30.5 Å². The molecule has 1 aliphatic heterocycles. The van der Waals surface area contributed by atoms with Crippen molar-refractivity contribution in [2.45, 2.75) is 32.2 Å². The monoisotopic (exact) mass is 356 g/mol. The van der Waals surface area contributed by atoms with E-state index in [0.717, 1.165) is 31.2 Å². The van der Waals surface area contributed by atoms with Gasteiger partial charge in [0.05, 0.1) is 0 Å². The van der Waals surface area contributed by atoms with Crippen LogP contribution in [-0.4, -0.2) is 39.8 Å². The van der Waals surface area contributed by atoms with E-state index in [4.69, 9.17) is 0 Å². The minimum absolute atomic E-state index is 0.0175. The van der Waals surface area contributed by atoms with E-state index >= 15 is 0 Å². The second kappa shape index (κ2) is 8.51. The highest BCUT2D eigenvalue weighted by atomic mass is 19.1. The second-order valence-corrected chi connectivity index (χ2v) is 6.27. The maximum atomic E-state index is 13.0.